The molecule has 0 spiro atoms. The molecule has 0 saturated heterocycles. The Bertz CT molecular complexity index is 973. The first-order valence-electron chi connectivity index (χ1n) is 7.47. The highest BCUT2D eigenvalue weighted by molar-refractivity contribution is 7.71. The summed E-state index contributed by atoms with van der Waals surface area (Å²) in [5, 5.41) is 30.4. The molecule has 0 amide bonds. The first-order valence-corrected chi connectivity index (χ1v) is 7.88. The van der Waals surface area contributed by atoms with Crippen LogP contribution in [0.25, 0.3) is 11.4 Å². The summed E-state index contributed by atoms with van der Waals surface area (Å²) in [6.45, 7) is 0. The maximum Gasteiger partial charge on any atom is 0.216 e. The van der Waals surface area contributed by atoms with E-state index in [4.69, 9.17) is 12.2 Å². The molecule has 0 fully saturated rings. The van der Waals surface area contributed by atoms with Crippen LogP contribution in [0.15, 0.2) is 47.6 Å². The van der Waals surface area contributed by atoms with Gasteiger partial charge in [-0.2, -0.15) is 14.9 Å². The fourth-order valence-corrected chi connectivity index (χ4v) is 2.43. The number of aromatic amines is 1. The summed E-state index contributed by atoms with van der Waals surface area (Å²) in [7, 11) is 3.94. The van der Waals surface area contributed by atoms with Crippen LogP contribution >= 0.6 is 12.2 Å². The van der Waals surface area contributed by atoms with Gasteiger partial charge in [0.15, 0.2) is 5.82 Å². The van der Waals surface area contributed by atoms with Crippen LogP contribution in [0.2, 0.25) is 0 Å². The third-order valence-electron chi connectivity index (χ3n) is 3.62. The van der Waals surface area contributed by atoms with Gasteiger partial charge < -0.3 is 15.1 Å². The van der Waals surface area contributed by atoms with Crippen molar-refractivity contribution in [3.05, 3.63) is 52.8 Å². The number of nitrogens with one attached hydrogen (secondary N) is 1. The Balaban J connectivity index is 1.97. The molecule has 0 aliphatic carbocycles. The van der Waals surface area contributed by atoms with Crippen LogP contribution in [-0.4, -0.2) is 45.4 Å². The number of rotatable bonds is 4. The van der Waals surface area contributed by atoms with E-state index in [2.05, 4.69) is 15.3 Å². The molecule has 0 atom stereocenters. The Morgan fingerprint density at radius 1 is 1.16 bits per heavy atom. The van der Waals surface area contributed by atoms with Crippen molar-refractivity contribution in [1.82, 2.24) is 14.9 Å². The lowest BCUT2D eigenvalue weighted by molar-refractivity contribution is 0.450. The number of hydrogen-bond acceptors (Lipinski definition) is 6. The van der Waals surface area contributed by atoms with Crippen molar-refractivity contribution in [2.24, 2.45) is 5.10 Å². The number of phenolic OH excluding ortho intramolecular Hbond substituents is 2. The van der Waals surface area contributed by atoms with Gasteiger partial charge in [-0.25, -0.2) is 5.10 Å². The number of H-pyrrole nitrogens is 1. The van der Waals surface area contributed by atoms with Gasteiger partial charge in [-0.15, -0.1) is 0 Å². The zero-order valence-corrected chi connectivity index (χ0v) is 14.5. The standard InChI is InChI=1S/C17H17N5O2S/c1-21(2)13-6-3-11(4-7-13)16-19-20-17(25)22(16)18-10-12-5-8-14(23)9-15(12)24/h3-10,23-24H,1-2H3,(H,20,25). The molecule has 8 heteroatoms. The molecular weight excluding hydrogens is 338 g/mol. The summed E-state index contributed by atoms with van der Waals surface area (Å²) in [4.78, 5) is 2.01. The summed E-state index contributed by atoms with van der Waals surface area (Å²) >= 11 is 5.23. The molecule has 0 bridgehead atoms. The highest BCUT2D eigenvalue weighted by Crippen LogP contribution is 2.23. The van der Waals surface area contributed by atoms with E-state index < -0.39 is 0 Å². The van der Waals surface area contributed by atoms with E-state index in [0.717, 1.165) is 11.3 Å². The van der Waals surface area contributed by atoms with Crippen LogP contribution in [0, 0.1) is 4.77 Å². The van der Waals surface area contributed by atoms with E-state index in [-0.39, 0.29) is 11.5 Å². The van der Waals surface area contributed by atoms with Crippen LogP contribution < -0.4 is 4.90 Å². The highest BCUT2D eigenvalue weighted by atomic mass is 32.1. The molecule has 0 aliphatic rings. The molecule has 25 heavy (non-hydrogen) atoms. The van der Waals surface area contributed by atoms with Crippen molar-refractivity contribution >= 4 is 24.1 Å². The number of anilines is 1. The lowest BCUT2D eigenvalue weighted by Crippen LogP contribution is -2.08. The molecule has 3 N–H and O–H groups in total. The quantitative estimate of drug-likeness (QED) is 0.494. The predicted octanol–water partition coefficient (Wildman–Crippen LogP) is 2.97. The minimum Gasteiger partial charge on any atom is -0.508 e. The van der Waals surface area contributed by atoms with E-state index in [1.165, 1.54) is 23.0 Å². The average Bonchev–Trinajstić information content (AvgIpc) is 2.95. The molecular formula is C17H17N5O2S. The summed E-state index contributed by atoms with van der Waals surface area (Å²) in [6.07, 6.45) is 1.46. The van der Waals surface area contributed by atoms with Gasteiger partial charge in [0.2, 0.25) is 4.77 Å². The first-order chi connectivity index (χ1) is 12.0. The van der Waals surface area contributed by atoms with Gasteiger partial charge in [0.05, 0.1) is 6.21 Å². The van der Waals surface area contributed by atoms with Crippen molar-refractivity contribution in [3.8, 4) is 22.9 Å². The number of nitrogens with zero attached hydrogens (tertiary/aromatic N) is 4. The molecule has 1 heterocycles. The Morgan fingerprint density at radius 2 is 1.88 bits per heavy atom. The summed E-state index contributed by atoms with van der Waals surface area (Å²) in [5.41, 5.74) is 2.38. The molecule has 7 nitrogen and oxygen atoms in total. The van der Waals surface area contributed by atoms with Crippen molar-refractivity contribution in [1.29, 1.82) is 0 Å². The Hall–Kier alpha value is -3.13. The van der Waals surface area contributed by atoms with E-state index in [9.17, 15) is 10.2 Å². The largest absolute Gasteiger partial charge is 0.508 e. The predicted molar refractivity (Wildman–Crippen MR) is 99.9 cm³/mol. The smallest absolute Gasteiger partial charge is 0.216 e. The minimum atomic E-state index is -0.0735. The molecule has 3 rings (SSSR count). The normalized spacial score (nSPS) is 11.1. The molecule has 2 aromatic carbocycles. The summed E-state index contributed by atoms with van der Waals surface area (Å²) in [6, 6.07) is 12.1. The first kappa shape index (κ1) is 16.7. The second-order valence-electron chi connectivity index (χ2n) is 5.59. The van der Waals surface area contributed by atoms with Crippen LogP contribution in [0.4, 0.5) is 5.69 Å². The van der Waals surface area contributed by atoms with E-state index in [1.54, 1.807) is 6.07 Å². The monoisotopic (exact) mass is 355 g/mol. The second-order valence-corrected chi connectivity index (χ2v) is 5.98. The number of benzene rings is 2. The van der Waals surface area contributed by atoms with Gasteiger partial charge in [0.25, 0.3) is 0 Å². The van der Waals surface area contributed by atoms with Crippen LogP contribution in [0.5, 0.6) is 11.5 Å². The average molecular weight is 355 g/mol. The number of aromatic hydroxyl groups is 2. The Labute approximate surface area is 149 Å². The lowest BCUT2D eigenvalue weighted by atomic mass is 10.2. The molecule has 0 saturated carbocycles. The second kappa shape index (κ2) is 6.78. The van der Waals surface area contributed by atoms with Gasteiger partial charge in [0, 0.05) is 37.0 Å². The van der Waals surface area contributed by atoms with Crippen LogP contribution in [-0.2, 0) is 0 Å². The van der Waals surface area contributed by atoms with E-state index in [1.807, 2.05) is 43.3 Å². The van der Waals surface area contributed by atoms with Gasteiger partial charge in [-0.05, 0) is 48.6 Å². The lowest BCUT2D eigenvalue weighted by Gasteiger charge is -2.12. The number of phenols is 2. The van der Waals surface area contributed by atoms with Crippen LogP contribution in [0.3, 0.4) is 0 Å². The van der Waals surface area contributed by atoms with Crippen molar-refractivity contribution in [2.45, 2.75) is 0 Å². The van der Waals surface area contributed by atoms with E-state index >= 15 is 0 Å². The maximum absolute atomic E-state index is 9.84. The van der Waals surface area contributed by atoms with Crippen molar-refractivity contribution < 1.29 is 10.2 Å². The summed E-state index contributed by atoms with van der Waals surface area (Å²) < 4.78 is 1.81. The summed E-state index contributed by atoms with van der Waals surface area (Å²) in [5.74, 6) is 0.469. The third kappa shape index (κ3) is 3.53. The molecule has 0 radical (unpaired) electrons. The SMILES string of the molecule is CN(C)c1ccc(-c2n[nH]c(=S)n2N=Cc2ccc(O)cc2O)cc1. The fourth-order valence-electron chi connectivity index (χ4n) is 2.26. The third-order valence-corrected chi connectivity index (χ3v) is 3.88. The number of hydrogen-bond donors (Lipinski definition) is 3. The van der Waals surface area contributed by atoms with Gasteiger partial charge in [-0.3, -0.25) is 0 Å². The molecule has 0 unspecified atom stereocenters. The highest BCUT2D eigenvalue weighted by Gasteiger charge is 2.09. The Kier molecular flexibility index (Phi) is 4.53. The van der Waals surface area contributed by atoms with Crippen molar-refractivity contribution in [3.63, 3.8) is 0 Å². The van der Waals surface area contributed by atoms with Gasteiger partial charge in [-0.1, -0.05) is 0 Å². The van der Waals surface area contributed by atoms with Gasteiger partial charge in [0.1, 0.15) is 11.5 Å². The maximum atomic E-state index is 9.84. The molecule has 128 valence electrons. The molecule has 0 aliphatic heterocycles. The molecule has 3 aromatic rings. The van der Waals surface area contributed by atoms with Crippen molar-refractivity contribution in [2.75, 3.05) is 19.0 Å². The fraction of sp³-hybridized carbons (Fsp3) is 0.118. The zero-order chi connectivity index (χ0) is 18.0. The molecule has 1 aromatic heterocycles. The van der Waals surface area contributed by atoms with E-state index in [0.29, 0.717) is 16.2 Å². The zero-order valence-electron chi connectivity index (χ0n) is 13.7. The van der Waals surface area contributed by atoms with Gasteiger partial charge >= 0.3 is 0 Å². The Morgan fingerprint density at radius 3 is 2.52 bits per heavy atom. The minimum absolute atomic E-state index is 0.0174. The topological polar surface area (TPSA) is 89.7 Å². The number of aromatic nitrogens is 3. The van der Waals surface area contributed by atoms with Crippen LogP contribution in [0.1, 0.15) is 5.56 Å².